The molecule has 15 heavy (non-hydrogen) atoms. The van der Waals surface area contributed by atoms with Crippen LogP contribution in [0, 0.1) is 5.92 Å². The molecule has 0 aromatic heterocycles. The Morgan fingerprint density at radius 1 is 1.53 bits per heavy atom. The van der Waals surface area contributed by atoms with E-state index in [0.29, 0.717) is 6.04 Å². The van der Waals surface area contributed by atoms with Gasteiger partial charge in [-0.25, -0.2) is 0 Å². The molecular weight excluding hydrogens is 190 g/mol. The maximum absolute atomic E-state index is 10.9. The number of likely N-dealkylation sites (tertiary alicyclic amines) is 1. The summed E-state index contributed by atoms with van der Waals surface area (Å²) in [6.07, 6.45) is 2.36. The van der Waals surface area contributed by atoms with Crippen molar-refractivity contribution in [1.82, 2.24) is 10.2 Å². The van der Waals surface area contributed by atoms with Crippen molar-refractivity contribution >= 4 is 5.91 Å². The molecule has 1 aliphatic heterocycles. The Hall–Kier alpha value is -0.610. The lowest BCUT2D eigenvalue weighted by molar-refractivity contribution is -0.121. The van der Waals surface area contributed by atoms with Crippen molar-refractivity contribution in [2.24, 2.45) is 11.7 Å². The average molecular weight is 213 g/mol. The van der Waals surface area contributed by atoms with E-state index in [0.717, 1.165) is 26.2 Å². The number of piperidine rings is 1. The fourth-order valence-corrected chi connectivity index (χ4v) is 2.09. The molecule has 4 nitrogen and oxygen atoms in total. The fourth-order valence-electron chi connectivity index (χ4n) is 2.09. The summed E-state index contributed by atoms with van der Waals surface area (Å²) >= 11 is 0. The Morgan fingerprint density at radius 3 is 2.60 bits per heavy atom. The van der Waals surface area contributed by atoms with Gasteiger partial charge in [0.1, 0.15) is 0 Å². The zero-order chi connectivity index (χ0) is 11.3. The van der Waals surface area contributed by atoms with E-state index in [2.05, 4.69) is 17.1 Å². The summed E-state index contributed by atoms with van der Waals surface area (Å²) in [6.45, 7) is 8.06. The van der Waals surface area contributed by atoms with Gasteiger partial charge in [0, 0.05) is 18.5 Å². The molecule has 0 spiro atoms. The number of carbonyl (C=O) groups is 1. The molecule has 3 N–H and O–H groups in total. The first-order valence-electron chi connectivity index (χ1n) is 5.88. The zero-order valence-corrected chi connectivity index (χ0v) is 9.83. The Balaban J connectivity index is 2.22. The number of primary amides is 1. The van der Waals surface area contributed by atoms with Gasteiger partial charge in [-0.05, 0) is 32.5 Å². The van der Waals surface area contributed by atoms with Crippen molar-refractivity contribution in [2.45, 2.75) is 32.7 Å². The van der Waals surface area contributed by atoms with Crippen molar-refractivity contribution in [3.8, 4) is 0 Å². The topological polar surface area (TPSA) is 58.4 Å². The van der Waals surface area contributed by atoms with Crippen LogP contribution in [0.1, 0.15) is 26.7 Å². The predicted molar refractivity (Wildman–Crippen MR) is 61.5 cm³/mol. The molecule has 4 heteroatoms. The summed E-state index contributed by atoms with van der Waals surface area (Å²) in [5.41, 5.74) is 5.25. The maximum atomic E-state index is 10.9. The molecule has 1 unspecified atom stereocenters. The van der Waals surface area contributed by atoms with Crippen molar-refractivity contribution in [3.63, 3.8) is 0 Å². The first kappa shape index (κ1) is 12.5. The maximum Gasteiger partial charge on any atom is 0.221 e. The van der Waals surface area contributed by atoms with Gasteiger partial charge in [-0.2, -0.15) is 0 Å². The van der Waals surface area contributed by atoms with E-state index in [1.165, 1.54) is 12.8 Å². The first-order valence-corrected chi connectivity index (χ1v) is 5.88. The molecule has 88 valence electrons. The van der Waals surface area contributed by atoms with Gasteiger partial charge < -0.3 is 16.0 Å². The minimum absolute atomic E-state index is 0.0271. The van der Waals surface area contributed by atoms with Crippen molar-refractivity contribution in [3.05, 3.63) is 0 Å². The summed E-state index contributed by atoms with van der Waals surface area (Å²) in [5.74, 6) is -0.218. The Kier molecular flexibility index (Phi) is 5.05. The molecule has 1 fully saturated rings. The van der Waals surface area contributed by atoms with Crippen LogP contribution in [-0.2, 0) is 4.79 Å². The van der Waals surface area contributed by atoms with Gasteiger partial charge in [0.25, 0.3) is 0 Å². The number of rotatable bonds is 5. The lowest BCUT2D eigenvalue weighted by Crippen LogP contribution is -2.45. The van der Waals surface area contributed by atoms with Crippen molar-refractivity contribution < 1.29 is 4.79 Å². The number of nitrogens with zero attached hydrogens (tertiary/aromatic N) is 1. The second-order valence-electron chi connectivity index (χ2n) is 4.44. The first-order chi connectivity index (χ1) is 7.13. The number of carbonyl (C=O) groups excluding carboxylic acids is 1. The molecule has 0 bridgehead atoms. The molecule has 1 heterocycles. The van der Waals surface area contributed by atoms with Crippen LogP contribution in [-0.4, -0.2) is 43.0 Å². The second kappa shape index (κ2) is 6.08. The number of nitrogens with one attached hydrogen (secondary N) is 1. The average Bonchev–Trinajstić information content (AvgIpc) is 2.21. The number of hydrogen-bond donors (Lipinski definition) is 2. The normalized spacial score (nSPS) is 21.5. The highest BCUT2D eigenvalue weighted by Crippen LogP contribution is 2.11. The highest BCUT2D eigenvalue weighted by molar-refractivity contribution is 5.76. The lowest BCUT2D eigenvalue weighted by Gasteiger charge is -2.33. The summed E-state index contributed by atoms with van der Waals surface area (Å²) < 4.78 is 0. The van der Waals surface area contributed by atoms with Gasteiger partial charge in [0.15, 0.2) is 0 Å². The monoisotopic (exact) mass is 213 g/mol. The highest BCUT2D eigenvalue weighted by Gasteiger charge is 2.20. The van der Waals surface area contributed by atoms with E-state index >= 15 is 0 Å². The standard InChI is InChI=1S/C11H23N3O/c1-3-13-10-4-6-14(7-5-10)8-9(2)11(12)15/h9-10,13H,3-8H2,1-2H3,(H2,12,15). The molecule has 0 saturated carbocycles. The van der Waals surface area contributed by atoms with Gasteiger partial charge in [-0.15, -0.1) is 0 Å². The smallest absolute Gasteiger partial charge is 0.221 e. The quantitative estimate of drug-likeness (QED) is 0.685. The Labute approximate surface area is 92.2 Å². The molecule has 0 aromatic rings. The zero-order valence-electron chi connectivity index (χ0n) is 9.83. The predicted octanol–water partition coefficient (Wildman–Crippen LogP) is 0.182. The largest absolute Gasteiger partial charge is 0.369 e. The highest BCUT2D eigenvalue weighted by atomic mass is 16.1. The molecule has 1 atom stereocenters. The van der Waals surface area contributed by atoms with Crippen LogP contribution in [0.2, 0.25) is 0 Å². The van der Waals surface area contributed by atoms with E-state index in [4.69, 9.17) is 5.73 Å². The van der Waals surface area contributed by atoms with E-state index in [-0.39, 0.29) is 11.8 Å². The second-order valence-corrected chi connectivity index (χ2v) is 4.44. The van der Waals surface area contributed by atoms with E-state index < -0.39 is 0 Å². The van der Waals surface area contributed by atoms with Crippen LogP contribution in [0.5, 0.6) is 0 Å². The molecule has 1 saturated heterocycles. The van der Waals surface area contributed by atoms with Gasteiger partial charge in [0.05, 0.1) is 0 Å². The Morgan fingerprint density at radius 2 is 2.13 bits per heavy atom. The Bertz CT molecular complexity index is 200. The number of hydrogen-bond acceptors (Lipinski definition) is 3. The summed E-state index contributed by atoms with van der Waals surface area (Å²) in [7, 11) is 0. The van der Waals surface area contributed by atoms with Crippen LogP contribution in [0.3, 0.4) is 0 Å². The fraction of sp³-hybridized carbons (Fsp3) is 0.909. The minimum Gasteiger partial charge on any atom is -0.369 e. The third-order valence-electron chi connectivity index (χ3n) is 3.10. The van der Waals surface area contributed by atoms with Gasteiger partial charge in [-0.3, -0.25) is 4.79 Å². The lowest BCUT2D eigenvalue weighted by atomic mass is 10.0. The molecule has 0 radical (unpaired) electrons. The third kappa shape index (κ3) is 4.18. The van der Waals surface area contributed by atoms with Crippen LogP contribution in [0.15, 0.2) is 0 Å². The van der Waals surface area contributed by atoms with Gasteiger partial charge >= 0.3 is 0 Å². The molecule has 1 amide bonds. The minimum atomic E-state index is -0.191. The van der Waals surface area contributed by atoms with E-state index in [1.54, 1.807) is 0 Å². The van der Waals surface area contributed by atoms with Crippen LogP contribution in [0.4, 0.5) is 0 Å². The van der Waals surface area contributed by atoms with Crippen molar-refractivity contribution in [1.29, 1.82) is 0 Å². The number of amides is 1. The van der Waals surface area contributed by atoms with E-state index in [9.17, 15) is 4.79 Å². The summed E-state index contributed by atoms with van der Waals surface area (Å²) in [4.78, 5) is 13.3. The number of nitrogens with two attached hydrogens (primary N) is 1. The SMILES string of the molecule is CCNC1CCN(CC(C)C(N)=O)CC1. The molecule has 0 aromatic carbocycles. The molecule has 1 aliphatic rings. The molecule has 0 aliphatic carbocycles. The van der Waals surface area contributed by atoms with Crippen LogP contribution >= 0.6 is 0 Å². The molecule has 1 rings (SSSR count). The van der Waals surface area contributed by atoms with Gasteiger partial charge in [0.2, 0.25) is 5.91 Å². The van der Waals surface area contributed by atoms with Crippen LogP contribution in [0.25, 0.3) is 0 Å². The molecular formula is C11H23N3O. The van der Waals surface area contributed by atoms with Gasteiger partial charge in [-0.1, -0.05) is 13.8 Å². The van der Waals surface area contributed by atoms with Crippen molar-refractivity contribution in [2.75, 3.05) is 26.2 Å². The van der Waals surface area contributed by atoms with E-state index in [1.807, 2.05) is 6.92 Å². The summed E-state index contributed by atoms with van der Waals surface area (Å²) in [6, 6.07) is 0.662. The third-order valence-corrected chi connectivity index (χ3v) is 3.10. The van der Waals surface area contributed by atoms with Crippen LogP contribution < -0.4 is 11.1 Å². The summed E-state index contributed by atoms with van der Waals surface area (Å²) in [5, 5.41) is 3.46.